The molecule has 1 heterocycles. The molecule has 1 saturated heterocycles. The summed E-state index contributed by atoms with van der Waals surface area (Å²) in [6.45, 7) is 0. The minimum Gasteiger partial charge on any atom is -0.370 e. The molecular weight excluding hydrogens is 232 g/mol. The van der Waals surface area contributed by atoms with E-state index in [0.29, 0.717) is 12.2 Å². The summed E-state index contributed by atoms with van der Waals surface area (Å²) in [5, 5.41) is 0. The van der Waals surface area contributed by atoms with Crippen molar-refractivity contribution < 1.29 is 4.74 Å². The number of epoxide rings is 1. The van der Waals surface area contributed by atoms with Gasteiger partial charge in [0.05, 0.1) is 12.2 Å². The van der Waals surface area contributed by atoms with Crippen molar-refractivity contribution in [2.24, 2.45) is 0 Å². The summed E-state index contributed by atoms with van der Waals surface area (Å²) >= 11 is 0. The Morgan fingerprint density at radius 2 is 0.632 bits per heavy atom. The molecule has 112 valence electrons. The molecule has 2 aliphatic rings. The quantitative estimate of drug-likeness (QED) is 0.489. The van der Waals surface area contributed by atoms with Crippen molar-refractivity contribution in [1.29, 1.82) is 0 Å². The van der Waals surface area contributed by atoms with Gasteiger partial charge < -0.3 is 4.74 Å². The molecule has 1 saturated carbocycles. The molecule has 0 aromatic rings. The van der Waals surface area contributed by atoms with Crippen LogP contribution in [-0.4, -0.2) is 12.2 Å². The van der Waals surface area contributed by atoms with E-state index in [1.165, 1.54) is 103 Å². The first kappa shape index (κ1) is 15.4. The van der Waals surface area contributed by atoms with Gasteiger partial charge in [-0.1, -0.05) is 89.9 Å². The zero-order valence-electron chi connectivity index (χ0n) is 12.9. The van der Waals surface area contributed by atoms with E-state index in [-0.39, 0.29) is 0 Å². The van der Waals surface area contributed by atoms with Gasteiger partial charge in [0.15, 0.2) is 0 Å². The van der Waals surface area contributed by atoms with E-state index in [2.05, 4.69) is 0 Å². The predicted octanol–water partition coefficient (Wildman–Crippen LogP) is 6.01. The first-order valence-electron chi connectivity index (χ1n) is 9.12. The van der Waals surface area contributed by atoms with Gasteiger partial charge in [-0.3, -0.25) is 0 Å². The van der Waals surface area contributed by atoms with Crippen molar-refractivity contribution in [3.8, 4) is 0 Å². The maximum Gasteiger partial charge on any atom is 0.0841 e. The molecule has 2 atom stereocenters. The van der Waals surface area contributed by atoms with Crippen LogP contribution in [0.5, 0.6) is 0 Å². The van der Waals surface area contributed by atoms with Crippen LogP contribution in [0.1, 0.15) is 103 Å². The molecule has 1 nitrogen and oxygen atoms in total. The molecule has 1 aliphatic carbocycles. The van der Waals surface area contributed by atoms with Crippen molar-refractivity contribution in [2.45, 2.75) is 115 Å². The van der Waals surface area contributed by atoms with E-state index in [1.54, 1.807) is 0 Å². The van der Waals surface area contributed by atoms with E-state index in [4.69, 9.17) is 4.74 Å². The predicted molar refractivity (Wildman–Crippen MR) is 82.5 cm³/mol. The van der Waals surface area contributed by atoms with Crippen LogP contribution in [0.2, 0.25) is 0 Å². The average Bonchev–Trinajstić information content (AvgIpc) is 3.16. The molecule has 2 fully saturated rings. The molecule has 0 radical (unpaired) electrons. The Labute approximate surface area is 120 Å². The van der Waals surface area contributed by atoms with Gasteiger partial charge in [-0.25, -0.2) is 0 Å². The Balaban J connectivity index is 1.55. The van der Waals surface area contributed by atoms with Crippen LogP contribution in [-0.2, 0) is 4.74 Å². The molecule has 19 heavy (non-hydrogen) atoms. The molecule has 2 rings (SSSR count). The standard InChI is InChI=1S/C18H34O/c1-2-4-6-8-10-12-14-16-18-17(19-18)15-13-11-9-7-5-3-1/h17-18H,1-16H2. The van der Waals surface area contributed by atoms with Crippen molar-refractivity contribution in [2.75, 3.05) is 0 Å². The summed E-state index contributed by atoms with van der Waals surface area (Å²) in [4.78, 5) is 0. The topological polar surface area (TPSA) is 12.5 Å². The van der Waals surface area contributed by atoms with Gasteiger partial charge in [0.1, 0.15) is 0 Å². The van der Waals surface area contributed by atoms with Crippen LogP contribution in [0.25, 0.3) is 0 Å². The van der Waals surface area contributed by atoms with Gasteiger partial charge in [-0.2, -0.15) is 0 Å². The Morgan fingerprint density at radius 3 is 0.947 bits per heavy atom. The molecule has 0 amide bonds. The maximum absolute atomic E-state index is 5.78. The first-order valence-corrected chi connectivity index (χ1v) is 9.12. The van der Waals surface area contributed by atoms with Crippen molar-refractivity contribution >= 4 is 0 Å². The molecule has 1 heteroatoms. The zero-order chi connectivity index (χ0) is 13.2. The SMILES string of the molecule is C1CCCCCCCCC2OC2CCCCCCC1. The molecule has 0 aromatic carbocycles. The van der Waals surface area contributed by atoms with E-state index in [0.717, 1.165) is 0 Å². The summed E-state index contributed by atoms with van der Waals surface area (Å²) in [6, 6.07) is 0. The third kappa shape index (κ3) is 7.34. The summed E-state index contributed by atoms with van der Waals surface area (Å²) in [7, 11) is 0. The van der Waals surface area contributed by atoms with Gasteiger partial charge in [0, 0.05) is 0 Å². The second-order valence-electron chi connectivity index (χ2n) is 6.74. The number of fused-ring (bicyclic) bond motifs is 1. The molecule has 0 N–H and O–H groups in total. The number of hydrogen-bond acceptors (Lipinski definition) is 1. The lowest BCUT2D eigenvalue weighted by Gasteiger charge is -2.04. The number of hydrogen-bond donors (Lipinski definition) is 0. The Hall–Kier alpha value is -0.0400. The highest BCUT2D eigenvalue weighted by Gasteiger charge is 2.36. The largest absolute Gasteiger partial charge is 0.370 e. The third-order valence-electron chi connectivity index (χ3n) is 4.91. The van der Waals surface area contributed by atoms with E-state index in [9.17, 15) is 0 Å². The average molecular weight is 266 g/mol. The maximum atomic E-state index is 5.78. The second-order valence-corrected chi connectivity index (χ2v) is 6.74. The number of ether oxygens (including phenoxy) is 1. The summed E-state index contributed by atoms with van der Waals surface area (Å²) in [5.74, 6) is 0. The van der Waals surface area contributed by atoms with Crippen LogP contribution in [0.4, 0.5) is 0 Å². The Bertz CT molecular complexity index is 192. The lowest BCUT2D eigenvalue weighted by molar-refractivity contribution is 0.347. The van der Waals surface area contributed by atoms with Crippen LogP contribution in [0.15, 0.2) is 0 Å². The van der Waals surface area contributed by atoms with Crippen molar-refractivity contribution in [3.05, 3.63) is 0 Å². The molecular formula is C18H34O. The molecule has 2 unspecified atom stereocenters. The highest BCUT2D eigenvalue weighted by atomic mass is 16.6. The molecule has 1 aliphatic heterocycles. The minimum atomic E-state index is 0.652. The van der Waals surface area contributed by atoms with Crippen molar-refractivity contribution in [3.63, 3.8) is 0 Å². The fourth-order valence-corrected chi connectivity index (χ4v) is 3.50. The fraction of sp³-hybridized carbons (Fsp3) is 1.00. The summed E-state index contributed by atoms with van der Waals surface area (Å²) < 4.78 is 5.78. The highest BCUT2D eigenvalue weighted by molar-refractivity contribution is 4.84. The second kappa shape index (κ2) is 9.80. The van der Waals surface area contributed by atoms with Crippen LogP contribution in [0.3, 0.4) is 0 Å². The highest BCUT2D eigenvalue weighted by Crippen LogP contribution is 2.32. The summed E-state index contributed by atoms with van der Waals surface area (Å²) in [6.07, 6.45) is 24.4. The summed E-state index contributed by atoms with van der Waals surface area (Å²) in [5.41, 5.74) is 0. The van der Waals surface area contributed by atoms with Crippen LogP contribution < -0.4 is 0 Å². The van der Waals surface area contributed by atoms with Gasteiger partial charge in [0.25, 0.3) is 0 Å². The van der Waals surface area contributed by atoms with E-state index >= 15 is 0 Å². The molecule has 0 aromatic heterocycles. The lowest BCUT2D eigenvalue weighted by Crippen LogP contribution is -1.95. The third-order valence-corrected chi connectivity index (χ3v) is 4.91. The normalized spacial score (nSPS) is 32.8. The lowest BCUT2D eigenvalue weighted by atomic mass is 10.0. The fourth-order valence-electron chi connectivity index (χ4n) is 3.50. The minimum absolute atomic E-state index is 0.652. The Morgan fingerprint density at radius 1 is 0.368 bits per heavy atom. The van der Waals surface area contributed by atoms with E-state index < -0.39 is 0 Å². The smallest absolute Gasteiger partial charge is 0.0841 e. The van der Waals surface area contributed by atoms with Gasteiger partial charge in [0.2, 0.25) is 0 Å². The first-order chi connectivity index (χ1) is 9.47. The van der Waals surface area contributed by atoms with Gasteiger partial charge >= 0.3 is 0 Å². The molecule has 0 spiro atoms. The number of rotatable bonds is 0. The van der Waals surface area contributed by atoms with E-state index in [1.807, 2.05) is 0 Å². The Kier molecular flexibility index (Phi) is 7.92. The monoisotopic (exact) mass is 266 g/mol. The van der Waals surface area contributed by atoms with Crippen LogP contribution >= 0.6 is 0 Å². The van der Waals surface area contributed by atoms with Crippen LogP contribution in [0, 0.1) is 0 Å². The zero-order valence-corrected chi connectivity index (χ0v) is 12.9. The van der Waals surface area contributed by atoms with Crippen molar-refractivity contribution in [1.82, 2.24) is 0 Å². The van der Waals surface area contributed by atoms with Gasteiger partial charge in [-0.05, 0) is 12.8 Å². The van der Waals surface area contributed by atoms with Gasteiger partial charge in [-0.15, -0.1) is 0 Å². The molecule has 0 bridgehead atoms.